The molecule has 5 rings (SSSR count). The van der Waals surface area contributed by atoms with Crippen LogP contribution in [0.4, 0.5) is 0 Å². The summed E-state index contributed by atoms with van der Waals surface area (Å²) in [5.41, 5.74) is 1.83. The maximum atomic E-state index is 12.9. The molecule has 168 valence electrons. The quantitative estimate of drug-likeness (QED) is 0.564. The Morgan fingerprint density at radius 1 is 0.939 bits per heavy atom. The first-order chi connectivity index (χ1) is 16.1. The number of nitrogens with zero attached hydrogens (tertiary/aromatic N) is 2. The zero-order chi connectivity index (χ0) is 22.8. The molecule has 7 heteroatoms. The third-order valence-corrected chi connectivity index (χ3v) is 6.33. The van der Waals surface area contributed by atoms with Gasteiger partial charge in [-0.1, -0.05) is 30.3 Å². The molecule has 7 nitrogen and oxygen atoms in total. The summed E-state index contributed by atoms with van der Waals surface area (Å²) in [6.07, 6.45) is 3.90. The Hall–Kier alpha value is -3.71. The van der Waals surface area contributed by atoms with Crippen molar-refractivity contribution in [2.75, 3.05) is 19.6 Å². The van der Waals surface area contributed by atoms with E-state index in [4.69, 9.17) is 4.42 Å². The van der Waals surface area contributed by atoms with Crippen LogP contribution in [0.3, 0.4) is 0 Å². The van der Waals surface area contributed by atoms with E-state index in [1.807, 2.05) is 42.5 Å². The van der Waals surface area contributed by atoms with Crippen LogP contribution in [-0.2, 0) is 6.54 Å². The van der Waals surface area contributed by atoms with E-state index >= 15 is 0 Å². The summed E-state index contributed by atoms with van der Waals surface area (Å²) in [5, 5.41) is 2.98. The lowest BCUT2D eigenvalue weighted by atomic mass is 10.1. The molecule has 2 aliphatic heterocycles. The van der Waals surface area contributed by atoms with Crippen molar-refractivity contribution >= 4 is 17.7 Å². The fourth-order valence-corrected chi connectivity index (χ4v) is 4.58. The van der Waals surface area contributed by atoms with E-state index in [2.05, 4.69) is 10.2 Å². The van der Waals surface area contributed by atoms with Crippen molar-refractivity contribution in [1.82, 2.24) is 15.1 Å². The van der Waals surface area contributed by atoms with Crippen molar-refractivity contribution in [3.8, 4) is 0 Å². The highest BCUT2D eigenvalue weighted by Gasteiger charge is 2.36. The van der Waals surface area contributed by atoms with Crippen LogP contribution in [0.15, 0.2) is 71.3 Å². The molecule has 1 fully saturated rings. The molecule has 3 aromatic rings. The fraction of sp³-hybridized carbons (Fsp3) is 0.269. The summed E-state index contributed by atoms with van der Waals surface area (Å²) < 4.78 is 5.61. The van der Waals surface area contributed by atoms with Gasteiger partial charge in [-0.05, 0) is 61.8 Å². The first-order valence-corrected chi connectivity index (χ1v) is 11.2. The summed E-state index contributed by atoms with van der Waals surface area (Å²) in [6.45, 7) is 2.54. The molecular weight excluding hydrogens is 418 g/mol. The molecule has 2 aromatic carbocycles. The molecule has 1 saturated heterocycles. The summed E-state index contributed by atoms with van der Waals surface area (Å²) in [7, 11) is 0. The highest BCUT2D eigenvalue weighted by Crippen LogP contribution is 2.27. The van der Waals surface area contributed by atoms with Crippen LogP contribution in [0.25, 0.3) is 0 Å². The average molecular weight is 444 g/mol. The number of nitrogens with one attached hydrogen (secondary N) is 1. The van der Waals surface area contributed by atoms with Gasteiger partial charge in [0.2, 0.25) is 0 Å². The topological polar surface area (TPSA) is 82.9 Å². The van der Waals surface area contributed by atoms with E-state index < -0.39 is 0 Å². The fourth-order valence-electron chi connectivity index (χ4n) is 4.58. The van der Waals surface area contributed by atoms with E-state index in [0.717, 1.165) is 37.3 Å². The monoisotopic (exact) mass is 443 g/mol. The largest absolute Gasteiger partial charge is 0.468 e. The van der Waals surface area contributed by atoms with Gasteiger partial charge in [0.15, 0.2) is 0 Å². The van der Waals surface area contributed by atoms with Gasteiger partial charge in [0.25, 0.3) is 17.7 Å². The molecule has 0 aliphatic carbocycles. The van der Waals surface area contributed by atoms with Crippen LogP contribution in [-0.4, -0.2) is 47.2 Å². The van der Waals surface area contributed by atoms with Crippen molar-refractivity contribution in [3.05, 3.63) is 94.9 Å². The van der Waals surface area contributed by atoms with Gasteiger partial charge in [-0.2, -0.15) is 0 Å². The van der Waals surface area contributed by atoms with Crippen molar-refractivity contribution in [1.29, 1.82) is 0 Å². The van der Waals surface area contributed by atoms with Crippen LogP contribution in [0.1, 0.15) is 61.3 Å². The van der Waals surface area contributed by atoms with Gasteiger partial charge in [0, 0.05) is 12.1 Å². The molecule has 1 unspecified atom stereocenters. The normalized spacial score (nSPS) is 16.8. The van der Waals surface area contributed by atoms with E-state index in [1.54, 1.807) is 18.4 Å². The summed E-state index contributed by atoms with van der Waals surface area (Å²) in [5.74, 6) is -0.171. The smallest absolute Gasteiger partial charge is 0.261 e. The zero-order valence-corrected chi connectivity index (χ0v) is 18.2. The van der Waals surface area contributed by atoms with Crippen molar-refractivity contribution < 1.29 is 18.8 Å². The third kappa shape index (κ3) is 4.19. The van der Waals surface area contributed by atoms with Gasteiger partial charge < -0.3 is 9.73 Å². The minimum absolute atomic E-state index is 0.0366. The molecule has 1 atom stereocenters. The van der Waals surface area contributed by atoms with Crippen molar-refractivity contribution in [2.24, 2.45) is 0 Å². The Balaban J connectivity index is 1.30. The second kappa shape index (κ2) is 9.03. The molecule has 33 heavy (non-hydrogen) atoms. The predicted octanol–water partition coefficient (Wildman–Crippen LogP) is 3.64. The summed E-state index contributed by atoms with van der Waals surface area (Å²) >= 11 is 0. The van der Waals surface area contributed by atoms with Gasteiger partial charge in [0.05, 0.1) is 30.0 Å². The molecule has 3 amide bonds. The second-order valence-electron chi connectivity index (χ2n) is 8.43. The molecule has 1 N–H and O–H groups in total. The number of imide groups is 1. The van der Waals surface area contributed by atoms with E-state index in [1.165, 1.54) is 11.0 Å². The van der Waals surface area contributed by atoms with Crippen LogP contribution in [0, 0.1) is 0 Å². The Bertz CT molecular complexity index is 1170. The first-order valence-electron chi connectivity index (χ1n) is 11.2. The van der Waals surface area contributed by atoms with E-state index in [0.29, 0.717) is 17.7 Å². The number of hydrogen-bond donors (Lipinski definition) is 1. The summed E-state index contributed by atoms with van der Waals surface area (Å²) in [4.78, 5) is 42.2. The molecular formula is C26H25N3O4. The number of benzene rings is 2. The highest BCUT2D eigenvalue weighted by molar-refractivity contribution is 6.22. The number of carbonyl (C=O) groups excluding carboxylic acids is 3. The van der Waals surface area contributed by atoms with Crippen LogP contribution in [0.2, 0.25) is 0 Å². The standard InChI is InChI=1S/C26H25N3O4/c30-24(27-16-22(23-9-6-14-33-23)28-12-4-5-13-28)19-10-11-20-21(15-19)26(32)29(25(20)31)17-18-7-2-1-3-8-18/h1-3,6-11,14-15,22H,4-5,12-13,16-17H2,(H,27,30). The molecule has 0 radical (unpaired) electrons. The van der Waals surface area contributed by atoms with E-state index in [9.17, 15) is 14.4 Å². The Morgan fingerprint density at radius 2 is 1.70 bits per heavy atom. The number of hydrogen-bond acceptors (Lipinski definition) is 5. The lowest BCUT2D eigenvalue weighted by Crippen LogP contribution is -2.36. The third-order valence-electron chi connectivity index (χ3n) is 6.33. The number of carbonyl (C=O) groups is 3. The number of amides is 3. The highest BCUT2D eigenvalue weighted by atomic mass is 16.3. The zero-order valence-electron chi connectivity index (χ0n) is 18.2. The number of likely N-dealkylation sites (tertiary alicyclic amines) is 1. The van der Waals surface area contributed by atoms with Gasteiger partial charge in [-0.15, -0.1) is 0 Å². The van der Waals surface area contributed by atoms with Gasteiger partial charge in [-0.25, -0.2) is 0 Å². The van der Waals surface area contributed by atoms with Crippen LogP contribution in [0.5, 0.6) is 0 Å². The van der Waals surface area contributed by atoms with Crippen LogP contribution >= 0.6 is 0 Å². The van der Waals surface area contributed by atoms with E-state index in [-0.39, 0.29) is 35.9 Å². The minimum Gasteiger partial charge on any atom is -0.468 e. The van der Waals surface area contributed by atoms with Crippen LogP contribution < -0.4 is 5.32 Å². The maximum absolute atomic E-state index is 12.9. The van der Waals surface area contributed by atoms with Gasteiger partial charge >= 0.3 is 0 Å². The summed E-state index contributed by atoms with van der Waals surface area (Å²) in [6, 6.07) is 17.8. The molecule has 0 saturated carbocycles. The van der Waals surface area contributed by atoms with Gasteiger partial charge in [0.1, 0.15) is 5.76 Å². The van der Waals surface area contributed by atoms with Gasteiger partial charge in [-0.3, -0.25) is 24.2 Å². The Morgan fingerprint density at radius 3 is 2.42 bits per heavy atom. The average Bonchev–Trinajstić information content (AvgIpc) is 3.60. The number of rotatable bonds is 7. The Labute approximate surface area is 192 Å². The lowest BCUT2D eigenvalue weighted by molar-refractivity contribution is 0.0642. The molecule has 2 aliphatic rings. The number of furan rings is 1. The lowest BCUT2D eigenvalue weighted by Gasteiger charge is -2.26. The minimum atomic E-state index is -0.376. The van der Waals surface area contributed by atoms with Crippen molar-refractivity contribution in [3.63, 3.8) is 0 Å². The first kappa shape index (κ1) is 21.2. The SMILES string of the molecule is O=C(NCC(c1ccco1)N1CCCC1)c1ccc2c(c1)C(=O)N(Cc1ccccc1)C2=O. The number of fused-ring (bicyclic) bond motifs is 1. The Kier molecular flexibility index (Phi) is 5.79. The molecule has 1 aromatic heterocycles. The predicted molar refractivity (Wildman–Crippen MR) is 122 cm³/mol. The maximum Gasteiger partial charge on any atom is 0.261 e. The molecule has 0 bridgehead atoms. The van der Waals surface area contributed by atoms with Crippen molar-refractivity contribution in [2.45, 2.75) is 25.4 Å². The molecule has 0 spiro atoms. The second-order valence-corrected chi connectivity index (χ2v) is 8.43. The molecule has 3 heterocycles.